The fraction of sp³-hybridized carbons (Fsp3) is 0.667. The van der Waals surface area contributed by atoms with E-state index in [9.17, 15) is 0 Å². The van der Waals surface area contributed by atoms with E-state index in [-0.39, 0.29) is 55.9 Å². The van der Waals surface area contributed by atoms with Gasteiger partial charge in [0.05, 0.1) is 0 Å². The maximum absolute atomic E-state index is 8.47. The van der Waals surface area contributed by atoms with Crippen LogP contribution >= 0.6 is 0 Å². The quantitative estimate of drug-likeness (QED) is 0.503. The van der Waals surface area contributed by atoms with Gasteiger partial charge in [-0.15, -0.1) is 0 Å². The topological polar surface area (TPSA) is 175 Å². The second kappa shape index (κ2) is 71.8. The average molecular weight is 269 g/mol. The Morgan fingerprint density at radius 2 is 0.800 bits per heavy atom. The summed E-state index contributed by atoms with van der Waals surface area (Å²) in [5.74, 6) is 0. The van der Waals surface area contributed by atoms with Crippen molar-refractivity contribution in [3.63, 3.8) is 0 Å². The van der Waals surface area contributed by atoms with Crippen LogP contribution in [0.5, 0.6) is 0 Å². The number of rotatable bonds is 2. The van der Waals surface area contributed by atoms with Crippen molar-refractivity contribution in [2.45, 2.75) is 0 Å². The Balaban J connectivity index is -0.0000000293. The Kier molecular flexibility index (Phi) is 140. The molecule has 8 N–H and O–H groups in total. The Hall–Kier alpha value is -0.714. The third-order valence-corrected chi connectivity index (χ3v) is 0.250. The minimum atomic E-state index is 0. The molecule has 94 valence electrons. The van der Waals surface area contributed by atoms with Gasteiger partial charge in [-0.3, -0.25) is 0 Å². The first kappa shape index (κ1) is 29.2. The number of hydrogen-bond donors (Lipinski definition) is 0. The second-order valence-corrected chi connectivity index (χ2v) is 1.24. The third kappa shape index (κ3) is 1020. The summed E-state index contributed by atoms with van der Waals surface area (Å²) < 4.78 is 0. The van der Waals surface area contributed by atoms with Crippen LogP contribution in [-0.2, 0) is 26.4 Å². The monoisotopic (exact) mass is 269 g/mol. The number of hydrogen-bond acceptors (Lipinski definition) is 2. The summed E-state index contributed by atoms with van der Waals surface area (Å²) in [7, 11) is 0. The van der Waals surface area contributed by atoms with Gasteiger partial charge in [0, 0.05) is 9.59 Å². The average Bonchev–Trinajstić information content (AvgIpc) is 2.20. The molecule has 0 bridgehead atoms. The van der Waals surface area contributed by atoms with Gasteiger partial charge in [-0.25, -0.2) is 0 Å². The molecular formula is C6H18CoN4O4+. The van der Waals surface area contributed by atoms with Crippen LogP contribution in [0.25, 0.3) is 22.9 Å². The smallest absolute Gasteiger partial charge is 0.679 e. The van der Waals surface area contributed by atoms with Crippen LogP contribution in [0.4, 0.5) is 0 Å². The van der Waals surface area contributed by atoms with E-state index >= 15 is 0 Å². The van der Waals surface area contributed by atoms with Crippen molar-refractivity contribution >= 4 is 12.9 Å². The summed E-state index contributed by atoms with van der Waals surface area (Å²) in [6.45, 7) is 0.944. The summed E-state index contributed by atoms with van der Waals surface area (Å²) in [5.41, 5.74) is 25.1. The molecule has 0 aliphatic rings. The van der Waals surface area contributed by atoms with Crippen molar-refractivity contribution in [1.82, 2.24) is 0 Å². The molecule has 0 unspecified atom stereocenters. The maximum atomic E-state index is 8.47. The molecule has 0 aliphatic heterocycles. The number of carbonyl (C=O) groups excluding carboxylic acids is 2. The van der Waals surface area contributed by atoms with E-state index in [0.29, 0.717) is 0 Å². The van der Waals surface area contributed by atoms with Crippen LogP contribution in [0.1, 0.15) is 0 Å². The van der Waals surface area contributed by atoms with Crippen molar-refractivity contribution in [3.8, 4) is 0 Å². The SMILES string of the molecule is O=C[OH2+].O=C[OH2+].[Co+3].[NH-]CC[NH-].[NH-]CC[NH-]. The van der Waals surface area contributed by atoms with Crippen LogP contribution in [0.2, 0.25) is 0 Å². The molecule has 0 saturated heterocycles. The molecule has 0 aromatic heterocycles. The van der Waals surface area contributed by atoms with Gasteiger partial charge >= 0.3 is 29.7 Å². The molecule has 0 aromatic carbocycles. The van der Waals surface area contributed by atoms with Gasteiger partial charge in [0.1, 0.15) is 0 Å². The molecule has 0 spiro atoms. The Bertz CT molecular complexity index is 75.5. The summed E-state index contributed by atoms with van der Waals surface area (Å²) in [4.78, 5) is 16.9. The van der Waals surface area contributed by atoms with Gasteiger partial charge in [0.15, 0.2) is 0 Å². The minimum Gasteiger partial charge on any atom is -0.679 e. The zero-order chi connectivity index (χ0) is 12.2. The molecule has 9 heteroatoms. The van der Waals surface area contributed by atoms with E-state index < -0.39 is 0 Å². The normalized spacial score (nSPS) is 5.60. The van der Waals surface area contributed by atoms with Gasteiger partial charge in [0.25, 0.3) is 0 Å². The first-order valence-corrected chi connectivity index (χ1v) is 3.46. The summed E-state index contributed by atoms with van der Waals surface area (Å²) >= 11 is 0. The van der Waals surface area contributed by atoms with E-state index in [1.165, 1.54) is 0 Å². The molecule has 0 amide bonds. The van der Waals surface area contributed by atoms with Crippen molar-refractivity contribution < 1.29 is 36.6 Å². The van der Waals surface area contributed by atoms with E-state index in [4.69, 9.17) is 42.7 Å². The molecule has 0 saturated carbocycles. The van der Waals surface area contributed by atoms with Crippen LogP contribution in [0.15, 0.2) is 0 Å². The predicted molar refractivity (Wildman–Crippen MR) is 56.1 cm³/mol. The van der Waals surface area contributed by atoms with Gasteiger partial charge < -0.3 is 33.1 Å². The molecule has 0 radical (unpaired) electrons. The van der Waals surface area contributed by atoms with Crippen LogP contribution in [-0.4, -0.2) is 49.3 Å². The van der Waals surface area contributed by atoms with Crippen molar-refractivity contribution in [2.75, 3.05) is 26.2 Å². The Labute approximate surface area is 99.2 Å². The fourth-order valence-electron chi connectivity index (χ4n) is 0. The molecule has 8 nitrogen and oxygen atoms in total. The number of carbonyl (C=O) groups is 2. The molecule has 15 heavy (non-hydrogen) atoms. The van der Waals surface area contributed by atoms with Gasteiger partial charge in [-0.1, -0.05) is 0 Å². The third-order valence-electron chi connectivity index (χ3n) is 0.250. The first-order chi connectivity index (χ1) is 6.66. The van der Waals surface area contributed by atoms with Gasteiger partial charge in [-0.05, 0) is 0 Å². The van der Waals surface area contributed by atoms with Gasteiger partial charge in [-0.2, -0.15) is 26.2 Å². The zero-order valence-corrected chi connectivity index (χ0v) is 9.17. The molecule has 0 rings (SSSR count). The van der Waals surface area contributed by atoms with Crippen LogP contribution in [0.3, 0.4) is 0 Å². The summed E-state index contributed by atoms with van der Waals surface area (Å²) in [5, 5.41) is 11.1. The first-order valence-electron chi connectivity index (χ1n) is 3.46. The fourth-order valence-corrected chi connectivity index (χ4v) is 0. The number of nitrogens with one attached hydrogen (secondary N) is 4. The van der Waals surface area contributed by atoms with E-state index in [1.54, 1.807) is 0 Å². The molecular weight excluding hydrogens is 251 g/mol. The zero-order valence-electron chi connectivity index (χ0n) is 8.13. The van der Waals surface area contributed by atoms with Crippen molar-refractivity contribution in [2.24, 2.45) is 0 Å². The standard InChI is InChI=1S/2C2H6N2.2CH2O2.Co/c2*3-1-2-4;2*2-1-3;/h2*3-4H,1-2H2;2*1H,(H,2,3);/q2*-2;;;+3/p+2. The van der Waals surface area contributed by atoms with E-state index in [2.05, 4.69) is 0 Å². The van der Waals surface area contributed by atoms with Crippen molar-refractivity contribution in [1.29, 1.82) is 0 Å². The van der Waals surface area contributed by atoms with E-state index in [0.717, 1.165) is 0 Å². The maximum Gasteiger partial charge on any atom is 3.00 e. The molecule has 0 aliphatic carbocycles. The predicted octanol–water partition coefficient (Wildman–Crippen LogP) is -0.0861. The van der Waals surface area contributed by atoms with Gasteiger partial charge in [0.2, 0.25) is 0 Å². The second-order valence-electron chi connectivity index (χ2n) is 1.24. The summed E-state index contributed by atoms with van der Waals surface area (Å²) in [6, 6.07) is 0. The summed E-state index contributed by atoms with van der Waals surface area (Å²) in [6.07, 6.45) is 0. The van der Waals surface area contributed by atoms with Crippen LogP contribution in [0, 0.1) is 0 Å². The van der Waals surface area contributed by atoms with E-state index in [1.807, 2.05) is 0 Å². The van der Waals surface area contributed by atoms with Crippen molar-refractivity contribution in [3.05, 3.63) is 22.9 Å². The van der Waals surface area contributed by atoms with Crippen LogP contribution < -0.4 is 0 Å². The molecule has 0 fully saturated rings. The molecule has 0 aromatic rings. The molecule has 0 atom stereocenters. The Morgan fingerprint density at radius 1 is 0.733 bits per heavy atom. The minimum absolute atomic E-state index is 0. The Morgan fingerprint density at radius 3 is 0.800 bits per heavy atom. The largest absolute Gasteiger partial charge is 3.00 e. The molecule has 0 heterocycles.